The molecule has 1 aromatic carbocycles. The average Bonchev–Trinajstić information content (AvgIpc) is 2.19. The maximum absolute atomic E-state index is 5.22. The van der Waals surface area contributed by atoms with Gasteiger partial charge in [-0.2, -0.15) is 0 Å². The molecule has 0 aliphatic heterocycles. The summed E-state index contributed by atoms with van der Waals surface area (Å²) < 4.78 is 5.22. The maximum Gasteiger partial charge on any atom is 0.123 e. The largest absolute Gasteiger partial charge is 0.496 e. The van der Waals surface area contributed by atoms with E-state index in [9.17, 15) is 0 Å². The number of para-hydroxylation sites is 1. The maximum atomic E-state index is 5.22. The lowest BCUT2D eigenvalue weighted by Gasteiger charge is -2.08. The SMILES string of the molecule is COc1ccccc1CNCCBr. The Balaban J connectivity index is 2.54. The van der Waals surface area contributed by atoms with Crippen LogP contribution in [0, 0.1) is 0 Å². The summed E-state index contributed by atoms with van der Waals surface area (Å²) in [6.07, 6.45) is 0. The highest BCUT2D eigenvalue weighted by Gasteiger charge is 1.99. The predicted octanol–water partition coefficient (Wildman–Crippen LogP) is 2.18. The summed E-state index contributed by atoms with van der Waals surface area (Å²) in [5.41, 5.74) is 1.20. The van der Waals surface area contributed by atoms with Crippen molar-refractivity contribution in [1.29, 1.82) is 0 Å². The molecule has 0 spiro atoms. The first-order valence-electron chi connectivity index (χ1n) is 4.27. The van der Waals surface area contributed by atoms with Crippen LogP contribution >= 0.6 is 15.9 Å². The zero-order valence-corrected chi connectivity index (χ0v) is 9.30. The zero-order chi connectivity index (χ0) is 9.52. The number of hydrogen-bond acceptors (Lipinski definition) is 2. The molecule has 0 atom stereocenters. The van der Waals surface area contributed by atoms with Crippen molar-refractivity contribution in [1.82, 2.24) is 5.32 Å². The molecule has 0 fully saturated rings. The molecule has 0 heterocycles. The molecule has 2 nitrogen and oxygen atoms in total. The lowest BCUT2D eigenvalue weighted by molar-refractivity contribution is 0.408. The van der Waals surface area contributed by atoms with E-state index in [0.717, 1.165) is 24.2 Å². The summed E-state index contributed by atoms with van der Waals surface area (Å²) in [5, 5.41) is 4.27. The molecule has 0 unspecified atom stereocenters. The highest BCUT2D eigenvalue weighted by atomic mass is 79.9. The van der Waals surface area contributed by atoms with Gasteiger partial charge < -0.3 is 10.1 Å². The van der Waals surface area contributed by atoms with E-state index in [1.54, 1.807) is 7.11 Å². The molecule has 0 saturated carbocycles. The Kier molecular flexibility index (Phi) is 4.86. The highest BCUT2D eigenvalue weighted by molar-refractivity contribution is 9.09. The lowest BCUT2D eigenvalue weighted by atomic mass is 10.2. The van der Waals surface area contributed by atoms with E-state index in [-0.39, 0.29) is 0 Å². The smallest absolute Gasteiger partial charge is 0.123 e. The van der Waals surface area contributed by atoms with Crippen LogP contribution in [-0.2, 0) is 6.54 Å². The van der Waals surface area contributed by atoms with Gasteiger partial charge in [0.15, 0.2) is 0 Å². The molecular weight excluding hydrogens is 230 g/mol. The number of hydrogen-bond donors (Lipinski definition) is 1. The van der Waals surface area contributed by atoms with Crippen molar-refractivity contribution in [3.8, 4) is 5.75 Å². The summed E-state index contributed by atoms with van der Waals surface area (Å²) in [6.45, 7) is 1.83. The molecule has 0 bridgehead atoms. The van der Waals surface area contributed by atoms with Crippen LogP contribution in [0.4, 0.5) is 0 Å². The van der Waals surface area contributed by atoms with E-state index in [0.29, 0.717) is 0 Å². The van der Waals surface area contributed by atoms with Crippen LogP contribution in [0.15, 0.2) is 24.3 Å². The second-order valence-electron chi connectivity index (χ2n) is 2.68. The van der Waals surface area contributed by atoms with Gasteiger partial charge >= 0.3 is 0 Å². The lowest BCUT2D eigenvalue weighted by Crippen LogP contribution is -2.15. The molecule has 0 aromatic heterocycles. The number of benzene rings is 1. The van der Waals surface area contributed by atoms with Crippen LogP contribution in [0.5, 0.6) is 5.75 Å². The molecular formula is C10H14BrNO. The molecule has 0 amide bonds. The molecule has 1 aromatic rings. The quantitative estimate of drug-likeness (QED) is 0.633. The Morgan fingerprint density at radius 3 is 2.85 bits per heavy atom. The van der Waals surface area contributed by atoms with E-state index < -0.39 is 0 Å². The van der Waals surface area contributed by atoms with Crippen LogP contribution in [0.25, 0.3) is 0 Å². The molecule has 72 valence electrons. The van der Waals surface area contributed by atoms with Crippen LogP contribution in [0.3, 0.4) is 0 Å². The Bertz CT molecular complexity index is 252. The monoisotopic (exact) mass is 243 g/mol. The Labute approximate surface area is 87.4 Å². The van der Waals surface area contributed by atoms with Crippen molar-refractivity contribution in [3.05, 3.63) is 29.8 Å². The van der Waals surface area contributed by atoms with E-state index in [1.807, 2.05) is 18.2 Å². The summed E-state index contributed by atoms with van der Waals surface area (Å²) >= 11 is 3.36. The second-order valence-corrected chi connectivity index (χ2v) is 3.47. The van der Waals surface area contributed by atoms with E-state index in [2.05, 4.69) is 27.3 Å². The number of rotatable bonds is 5. The van der Waals surface area contributed by atoms with Gasteiger partial charge in [0, 0.05) is 24.0 Å². The second kappa shape index (κ2) is 6.00. The third-order valence-corrected chi connectivity index (χ3v) is 2.18. The molecule has 1 rings (SSSR count). The number of alkyl halides is 1. The molecule has 0 aliphatic carbocycles. The first kappa shape index (κ1) is 10.5. The number of methoxy groups -OCH3 is 1. The first-order valence-corrected chi connectivity index (χ1v) is 5.39. The minimum absolute atomic E-state index is 0.857. The van der Waals surface area contributed by atoms with Gasteiger partial charge in [-0.3, -0.25) is 0 Å². The fourth-order valence-electron chi connectivity index (χ4n) is 1.14. The number of ether oxygens (including phenoxy) is 1. The topological polar surface area (TPSA) is 21.3 Å². The standard InChI is InChI=1S/C10H14BrNO/c1-13-10-5-3-2-4-9(10)8-12-7-6-11/h2-5,12H,6-8H2,1H3. The molecule has 13 heavy (non-hydrogen) atoms. The Morgan fingerprint density at radius 1 is 1.38 bits per heavy atom. The van der Waals surface area contributed by atoms with Crippen molar-refractivity contribution < 1.29 is 4.74 Å². The Morgan fingerprint density at radius 2 is 2.15 bits per heavy atom. The molecule has 0 aliphatic rings. The third-order valence-electron chi connectivity index (χ3n) is 1.78. The van der Waals surface area contributed by atoms with Gasteiger partial charge in [0.05, 0.1) is 7.11 Å². The number of halogens is 1. The first-order chi connectivity index (χ1) is 6.38. The van der Waals surface area contributed by atoms with E-state index >= 15 is 0 Å². The minimum atomic E-state index is 0.857. The zero-order valence-electron chi connectivity index (χ0n) is 7.72. The summed E-state index contributed by atoms with van der Waals surface area (Å²) in [4.78, 5) is 0. The molecule has 3 heteroatoms. The van der Waals surface area contributed by atoms with Crippen LogP contribution in [0.1, 0.15) is 5.56 Å². The van der Waals surface area contributed by atoms with E-state index in [4.69, 9.17) is 4.74 Å². The van der Waals surface area contributed by atoms with Gasteiger partial charge in [-0.25, -0.2) is 0 Å². The fourth-order valence-corrected chi connectivity index (χ4v) is 1.42. The van der Waals surface area contributed by atoms with Gasteiger partial charge in [0.1, 0.15) is 5.75 Å². The van der Waals surface area contributed by atoms with Gasteiger partial charge in [0.2, 0.25) is 0 Å². The highest BCUT2D eigenvalue weighted by Crippen LogP contribution is 2.16. The Hall–Kier alpha value is -0.540. The molecule has 1 N–H and O–H groups in total. The van der Waals surface area contributed by atoms with Gasteiger partial charge in [-0.15, -0.1) is 0 Å². The van der Waals surface area contributed by atoms with Crippen LogP contribution in [-0.4, -0.2) is 19.0 Å². The fraction of sp³-hybridized carbons (Fsp3) is 0.400. The van der Waals surface area contributed by atoms with Gasteiger partial charge in [-0.1, -0.05) is 34.1 Å². The average molecular weight is 244 g/mol. The van der Waals surface area contributed by atoms with Crippen molar-refractivity contribution in [3.63, 3.8) is 0 Å². The predicted molar refractivity (Wildman–Crippen MR) is 58.5 cm³/mol. The minimum Gasteiger partial charge on any atom is -0.496 e. The summed E-state index contributed by atoms with van der Waals surface area (Å²) in [5.74, 6) is 0.949. The van der Waals surface area contributed by atoms with Gasteiger partial charge in [0.25, 0.3) is 0 Å². The number of nitrogens with one attached hydrogen (secondary N) is 1. The summed E-state index contributed by atoms with van der Waals surface area (Å²) in [6, 6.07) is 8.05. The molecule has 0 radical (unpaired) electrons. The van der Waals surface area contributed by atoms with Crippen molar-refractivity contribution in [2.45, 2.75) is 6.54 Å². The van der Waals surface area contributed by atoms with Gasteiger partial charge in [-0.05, 0) is 6.07 Å². The normalized spacial score (nSPS) is 10.0. The van der Waals surface area contributed by atoms with Crippen molar-refractivity contribution in [2.24, 2.45) is 0 Å². The van der Waals surface area contributed by atoms with Crippen molar-refractivity contribution >= 4 is 15.9 Å². The van der Waals surface area contributed by atoms with E-state index in [1.165, 1.54) is 5.56 Å². The van der Waals surface area contributed by atoms with Crippen molar-refractivity contribution in [2.75, 3.05) is 19.0 Å². The molecule has 0 saturated heterocycles. The third kappa shape index (κ3) is 3.36. The van der Waals surface area contributed by atoms with Crippen LogP contribution < -0.4 is 10.1 Å². The van der Waals surface area contributed by atoms with Crippen LogP contribution in [0.2, 0.25) is 0 Å². The summed E-state index contributed by atoms with van der Waals surface area (Å²) in [7, 11) is 1.70.